The van der Waals surface area contributed by atoms with Gasteiger partial charge in [-0.1, -0.05) is 18.2 Å². The first-order valence-corrected chi connectivity index (χ1v) is 7.35. The average Bonchev–Trinajstić information content (AvgIpc) is 3.15. The molecule has 2 bridgehead atoms. The zero-order chi connectivity index (χ0) is 14.7. The van der Waals surface area contributed by atoms with Gasteiger partial charge in [0.25, 0.3) is 0 Å². The molecular formula is C17H17NO3. The van der Waals surface area contributed by atoms with E-state index in [4.69, 9.17) is 10.7 Å². The lowest BCUT2D eigenvalue weighted by atomic mass is 9.85. The van der Waals surface area contributed by atoms with Gasteiger partial charge in [0.2, 0.25) is 0 Å². The Hall–Kier alpha value is -1.94. The van der Waals surface area contributed by atoms with E-state index < -0.39 is 5.92 Å². The molecule has 0 amide bonds. The van der Waals surface area contributed by atoms with Gasteiger partial charge >= 0.3 is 0 Å². The Morgan fingerprint density at radius 2 is 1.71 bits per heavy atom. The van der Waals surface area contributed by atoms with Crippen molar-refractivity contribution in [3.05, 3.63) is 41.5 Å². The second-order valence-corrected chi connectivity index (χ2v) is 6.37. The molecule has 0 radical (unpaired) electrons. The fourth-order valence-corrected chi connectivity index (χ4v) is 4.43. The summed E-state index contributed by atoms with van der Waals surface area (Å²) in [7, 11) is 0. The summed E-state index contributed by atoms with van der Waals surface area (Å²) in [6.45, 7) is 1.91. The lowest BCUT2D eigenvalue weighted by Gasteiger charge is -2.16. The van der Waals surface area contributed by atoms with Gasteiger partial charge in [-0.15, -0.1) is 0 Å². The van der Waals surface area contributed by atoms with Crippen LogP contribution in [0.1, 0.15) is 23.5 Å². The molecule has 0 spiro atoms. The number of aryl methyl sites for hydroxylation is 1. The molecule has 4 nitrogen and oxygen atoms in total. The summed E-state index contributed by atoms with van der Waals surface area (Å²) in [5.74, 6) is 5.51. The van der Waals surface area contributed by atoms with Gasteiger partial charge in [0.15, 0.2) is 11.6 Å². The standard InChI is InChI=1S/C17H17NO3/c1-8-2-5-11(21-18)7-12(8)15-16(19)13-9-3-4-10(6-9)14(13)17(15)20/h2-5,7,9-10,13-15H,6,18H2,1H3. The SMILES string of the molecule is Cc1ccc(ON)cc1C1C(=O)C2C3C=CC(C3)C2C1=O. The van der Waals surface area contributed by atoms with Crippen LogP contribution >= 0.6 is 0 Å². The lowest BCUT2D eigenvalue weighted by Crippen LogP contribution is -2.21. The molecule has 0 aromatic heterocycles. The normalized spacial score (nSPS) is 36.4. The highest BCUT2D eigenvalue weighted by Crippen LogP contribution is 2.56. The van der Waals surface area contributed by atoms with Crippen molar-refractivity contribution in [2.75, 3.05) is 0 Å². The number of benzene rings is 1. The monoisotopic (exact) mass is 283 g/mol. The zero-order valence-corrected chi connectivity index (χ0v) is 11.8. The smallest absolute Gasteiger partial charge is 0.152 e. The van der Waals surface area contributed by atoms with Crippen molar-refractivity contribution < 1.29 is 14.4 Å². The lowest BCUT2D eigenvalue weighted by molar-refractivity contribution is -0.125. The molecule has 21 heavy (non-hydrogen) atoms. The maximum atomic E-state index is 12.8. The zero-order valence-electron chi connectivity index (χ0n) is 11.8. The molecule has 108 valence electrons. The quantitative estimate of drug-likeness (QED) is 0.511. The van der Waals surface area contributed by atoms with Crippen LogP contribution in [0.3, 0.4) is 0 Å². The van der Waals surface area contributed by atoms with E-state index in [1.54, 1.807) is 12.1 Å². The molecule has 2 N–H and O–H groups in total. The summed E-state index contributed by atoms with van der Waals surface area (Å²) in [4.78, 5) is 30.4. The fraction of sp³-hybridized carbons (Fsp3) is 0.412. The van der Waals surface area contributed by atoms with E-state index in [2.05, 4.69) is 12.2 Å². The van der Waals surface area contributed by atoms with E-state index in [1.165, 1.54) is 0 Å². The minimum Gasteiger partial charge on any atom is -0.412 e. The van der Waals surface area contributed by atoms with Gasteiger partial charge in [0.05, 0.1) is 0 Å². The molecular weight excluding hydrogens is 266 g/mol. The van der Waals surface area contributed by atoms with Crippen LogP contribution in [0.2, 0.25) is 0 Å². The fourth-order valence-electron chi connectivity index (χ4n) is 4.43. The van der Waals surface area contributed by atoms with Gasteiger partial charge < -0.3 is 4.84 Å². The van der Waals surface area contributed by atoms with Gasteiger partial charge in [-0.2, -0.15) is 5.90 Å². The molecule has 4 atom stereocenters. The summed E-state index contributed by atoms with van der Waals surface area (Å²) >= 11 is 0. The third-order valence-corrected chi connectivity index (χ3v) is 5.38. The van der Waals surface area contributed by atoms with Crippen molar-refractivity contribution in [1.82, 2.24) is 0 Å². The second kappa shape index (κ2) is 4.28. The maximum Gasteiger partial charge on any atom is 0.152 e. The summed E-state index contributed by atoms with van der Waals surface area (Å²) in [6.07, 6.45) is 5.20. The molecule has 3 aliphatic rings. The van der Waals surface area contributed by atoms with E-state index in [9.17, 15) is 9.59 Å². The van der Waals surface area contributed by atoms with E-state index in [0.717, 1.165) is 17.5 Å². The molecule has 1 aromatic rings. The van der Waals surface area contributed by atoms with Gasteiger partial charge in [-0.3, -0.25) is 9.59 Å². The van der Waals surface area contributed by atoms with E-state index in [0.29, 0.717) is 5.75 Å². The number of allylic oxidation sites excluding steroid dienone is 2. The van der Waals surface area contributed by atoms with Crippen LogP contribution in [-0.2, 0) is 9.59 Å². The summed E-state index contributed by atoms with van der Waals surface area (Å²) in [5, 5.41) is 0. The van der Waals surface area contributed by atoms with E-state index >= 15 is 0 Å². The molecule has 2 fully saturated rings. The van der Waals surface area contributed by atoms with Crippen molar-refractivity contribution in [1.29, 1.82) is 0 Å². The number of Topliss-reactive ketones (excluding diaryl/α,β-unsaturated/α-hetero) is 2. The maximum absolute atomic E-state index is 12.8. The molecule has 4 rings (SSSR count). The van der Waals surface area contributed by atoms with Crippen molar-refractivity contribution in [3.8, 4) is 5.75 Å². The molecule has 0 heterocycles. The Morgan fingerprint density at radius 3 is 2.29 bits per heavy atom. The number of hydrogen-bond donors (Lipinski definition) is 1. The van der Waals surface area contributed by atoms with Gasteiger partial charge in [0, 0.05) is 11.8 Å². The average molecular weight is 283 g/mol. The molecule has 2 saturated carbocycles. The van der Waals surface area contributed by atoms with Crippen LogP contribution in [0.15, 0.2) is 30.4 Å². The number of fused-ring (bicyclic) bond motifs is 5. The number of rotatable bonds is 2. The number of carbonyl (C=O) groups excluding carboxylic acids is 2. The molecule has 3 aliphatic carbocycles. The van der Waals surface area contributed by atoms with Crippen LogP contribution in [0.25, 0.3) is 0 Å². The Bertz CT molecular complexity index is 649. The molecule has 4 heteroatoms. The Kier molecular flexibility index (Phi) is 2.60. The minimum absolute atomic E-state index is 0.0825. The van der Waals surface area contributed by atoms with Gasteiger partial charge in [-0.05, 0) is 48.4 Å². The largest absolute Gasteiger partial charge is 0.412 e. The van der Waals surface area contributed by atoms with Crippen LogP contribution in [0.5, 0.6) is 5.75 Å². The van der Waals surface area contributed by atoms with Gasteiger partial charge in [-0.25, -0.2) is 0 Å². The third kappa shape index (κ3) is 1.59. The first-order valence-electron chi connectivity index (χ1n) is 7.35. The van der Waals surface area contributed by atoms with Crippen molar-refractivity contribution in [2.45, 2.75) is 19.3 Å². The molecule has 0 saturated heterocycles. The highest BCUT2D eigenvalue weighted by molar-refractivity contribution is 6.17. The molecule has 4 unspecified atom stereocenters. The Labute approximate surface area is 122 Å². The number of nitrogens with two attached hydrogens (primary N) is 1. The predicted octanol–water partition coefficient (Wildman–Crippen LogP) is 1.92. The minimum atomic E-state index is -0.639. The summed E-state index contributed by atoms with van der Waals surface area (Å²) < 4.78 is 0. The predicted molar refractivity (Wildman–Crippen MR) is 76.5 cm³/mol. The third-order valence-electron chi connectivity index (χ3n) is 5.38. The number of hydrogen-bond acceptors (Lipinski definition) is 4. The van der Waals surface area contributed by atoms with Crippen molar-refractivity contribution >= 4 is 11.6 Å². The van der Waals surface area contributed by atoms with Crippen LogP contribution in [0, 0.1) is 30.6 Å². The highest BCUT2D eigenvalue weighted by atomic mass is 16.6. The van der Waals surface area contributed by atoms with E-state index in [1.807, 2.05) is 13.0 Å². The second-order valence-electron chi connectivity index (χ2n) is 6.37. The van der Waals surface area contributed by atoms with E-state index in [-0.39, 0.29) is 35.2 Å². The summed E-state index contributed by atoms with van der Waals surface area (Å²) in [5.41, 5.74) is 1.68. The van der Waals surface area contributed by atoms with Crippen LogP contribution in [0.4, 0.5) is 0 Å². The van der Waals surface area contributed by atoms with Crippen molar-refractivity contribution in [2.24, 2.45) is 29.6 Å². The van der Waals surface area contributed by atoms with Crippen molar-refractivity contribution in [3.63, 3.8) is 0 Å². The first kappa shape index (κ1) is 12.8. The number of ketones is 2. The number of carbonyl (C=O) groups is 2. The Morgan fingerprint density at radius 1 is 1.10 bits per heavy atom. The first-order chi connectivity index (χ1) is 10.1. The topological polar surface area (TPSA) is 69.4 Å². The van der Waals surface area contributed by atoms with Crippen LogP contribution in [-0.4, -0.2) is 11.6 Å². The Balaban J connectivity index is 1.78. The molecule has 0 aliphatic heterocycles. The molecule has 1 aromatic carbocycles. The highest BCUT2D eigenvalue weighted by Gasteiger charge is 2.60. The summed E-state index contributed by atoms with van der Waals surface area (Å²) in [6, 6.07) is 5.32. The van der Waals surface area contributed by atoms with Crippen LogP contribution < -0.4 is 10.7 Å². The van der Waals surface area contributed by atoms with Gasteiger partial charge in [0.1, 0.15) is 11.7 Å².